The molecule has 7 heteroatoms. The fraction of sp³-hybridized carbons (Fsp3) is 0.286. The summed E-state index contributed by atoms with van der Waals surface area (Å²) >= 11 is 0. The quantitative estimate of drug-likeness (QED) is 0.602. The topological polar surface area (TPSA) is 87.8 Å². The minimum atomic E-state index is -3.43. The number of unbranched alkanes of at least 4 members (excludes halogenated alkanes) is 1. The minimum absolute atomic E-state index is 0.0804. The Bertz CT molecular complexity index is 1110. The van der Waals surface area contributed by atoms with Gasteiger partial charge in [0.05, 0.1) is 17.5 Å². The Morgan fingerprint density at radius 2 is 1.82 bits per heavy atom. The summed E-state index contributed by atoms with van der Waals surface area (Å²) in [5.41, 5.74) is 1.87. The third-order valence-corrected chi connectivity index (χ3v) is 5.93. The van der Waals surface area contributed by atoms with Crippen LogP contribution in [0.2, 0.25) is 0 Å². The molecular formula is C21H23NO5S. The maximum Gasteiger partial charge on any atom is 0.231 e. The lowest BCUT2D eigenvalue weighted by molar-refractivity contribution is 0.103. The summed E-state index contributed by atoms with van der Waals surface area (Å²) in [6.45, 7) is 2.06. The highest BCUT2D eigenvalue weighted by Gasteiger charge is 2.23. The van der Waals surface area contributed by atoms with Gasteiger partial charge in [-0.15, -0.1) is 0 Å². The van der Waals surface area contributed by atoms with Crippen LogP contribution in [0.4, 0.5) is 5.69 Å². The van der Waals surface area contributed by atoms with Crippen LogP contribution in [0.25, 0.3) is 11.0 Å². The Labute approximate surface area is 164 Å². The Morgan fingerprint density at radius 3 is 2.43 bits per heavy atom. The van der Waals surface area contributed by atoms with Crippen molar-refractivity contribution in [1.82, 2.24) is 0 Å². The van der Waals surface area contributed by atoms with Crippen molar-refractivity contribution >= 4 is 32.5 Å². The van der Waals surface area contributed by atoms with Gasteiger partial charge in [0.15, 0.2) is 5.78 Å². The van der Waals surface area contributed by atoms with Gasteiger partial charge in [0.25, 0.3) is 0 Å². The zero-order valence-corrected chi connectivity index (χ0v) is 16.9. The van der Waals surface area contributed by atoms with Gasteiger partial charge in [0.2, 0.25) is 10.0 Å². The monoisotopic (exact) mass is 401 g/mol. The van der Waals surface area contributed by atoms with Gasteiger partial charge in [-0.1, -0.05) is 13.3 Å². The predicted octanol–water partition coefficient (Wildman–Crippen LogP) is 4.11. The second-order valence-corrected chi connectivity index (χ2v) is 8.80. The first-order valence-electron chi connectivity index (χ1n) is 9.05. The molecule has 0 aliphatic rings. The van der Waals surface area contributed by atoms with Crippen LogP contribution in [0.3, 0.4) is 0 Å². The van der Waals surface area contributed by atoms with E-state index >= 15 is 0 Å². The van der Waals surface area contributed by atoms with Gasteiger partial charge >= 0.3 is 0 Å². The summed E-state index contributed by atoms with van der Waals surface area (Å²) in [7, 11) is -1.96. The second kappa shape index (κ2) is 7.67. The first-order valence-corrected chi connectivity index (χ1v) is 10.9. The molecule has 0 atom stereocenters. The Morgan fingerprint density at radius 1 is 1.14 bits per heavy atom. The van der Waals surface area contributed by atoms with E-state index in [1.54, 1.807) is 30.3 Å². The number of aromatic hydroxyl groups is 1. The number of benzene rings is 2. The molecule has 28 heavy (non-hydrogen) atoms. The van der Waals surface area contributed by atoms with Crippen molar-refractivity contribution in [1.29, 1.82) is 0 Å². The van der Waals surface area contributed by atoms with Crippen LogP contribution in [-0.2, 0) is 16.4 Å². The van der Waals surface area contributed by atoms with Crippen LogP contribution in [-0.4, -0.2) is 32.6 Å². The smallest absolute Gasteiger partial charge is 0.231 e. The number of rotatable bonds is 7. The lowest BCUT2D eigenvalue weighted by Crippen LogP contribution is -2.24. The molecule has 0 saturated heterocycles. The van der Waals surface area contributed by atoms with E-state index in [2.05, 4.69) is 6.92 Å². The van der Waals surface area contributed by atoms with Crippen LogP contribution >= 0.6 is 0 Å². The van der Waals surface area contributed by atoms with E-state index in [0.29, 0.717) is 40.0 Å². The van der Waals surface area contributed by atoms with E-state index in [0.717, 1.165) is 19.1 Å². The lowest BCUT2D eigenvalue weighted by atomic mass is 9.98. The summed E-state index contributed by atoms with van der Waals surface area (Å²) < 4.78 is 30.9. The first kappa shape index (κ1) is 19.9. The fourth-order valence-electron chi connectivity index (χ4n) is 3.04. The number of fused-ring (bicyclic) bond motifs is 1. The van der Waals surface area contributed by atoms with Gasteiger partial charge < -0.3 is 9.52 Å². The molecule has 0 spiro atoms. The van der Waals surface area contributed by atoms with E-state index in [9.17, 15) is 18.3 Å². The molecule has 0 amide bonds. The molecule has 0 aliphatic carbocycles. The number of carbonyl (C=O) groups excluding carboxylic acids is 1. The molecule has 2 aromatic carbocycles. The molecule has 0 radical (unpaired) electrons. The Kier molecular flexibility index (Phi) is 5.47. The van der Waals surface area contributed by atoms with Crippen LogP contribution in [0, 0.1) is 0 Å². The molecular weight excluding hydrogens is 378 g/mol. The van der Waals surface area contributed by atoms with Crippen molar-refractivity contribution in [2.75, 3.05) is 17.6 Å². The highest BCUT2D eigenvalue weighted by molar-refractivity contribution is 7.92. The number of carbonyl (C=O) groups is 1. The SMILES string of the molecule is CCCCc1oc2ccc(N(C)S(C)(=O)=O)cc2c1C(=O)c1ccc(O)cc1. The molecule has 0 saturated carbocycles. The Hall–Kier alpha value is -2.80. The third kappa shape index (κ3) is 3.89. The summed E-state index contributed by atoms with van der Waals surface area (Å²) in [4.78, 5) is 13.2. The van der Waals surface area contributed by atoms with Gasteiger partial charge in [-0.05, 0) is 48.9 Å². The molecule has 1 N–H and O–H groups in total. The number of aryl methyl sites for hydroxylation is 1. The van der Waals surface area contributed by atoms with E-state index < -0.39 is 10.0 Å². The van der Waals surface area contributed by atoms with Crippen LogP contribution in [0.5, 0.6) is 5.75 Å². The lowest BCUT2D eigenvalue weighted by Gasteiger charge is -2.16. The van der Waals surface area contributed by atoms with Crippen molar-refractivity contribution in [2.24, 2.45) is 0 Å². The van der Waals surface area contributed by atoms with Crippen molar-refractivity contribution in [3.8, 4) is 5.75 Å². The molecule has 6 nitrogen and oxygen atoms in total. The van der Waals surface area contributed by atoms with Gasteiger partial charge in [-0.2, -0.15) is 0 Å². The number of anilines is 1. The summed E-state index contributed by atoms with van der Waals surface area (Å²) in [5, 5.41) is 10.1. The summed E-state index contributed by atoms with van der Waals surface area (Å²) in [6, 6.07) is 11.1. The van der Waals surface area contributed by atoms with Gasteiger partial charge in [0.1, 0.15) is 17.1 Å². The second-order valence-electron chi connectivity index (χ2n) is 6.79. The van der Waals surface area contributed by atoms with E-state index in [1.807, 2.05) is 0 Å². The molecule has 1 aromatic heterocycles. The number of hydrogen-bond donors (Lipinski definition) is 1. The minimum Gasteiger partial charge on any atom is -0.508 e. The number of hydrogen-bond acceptors (Lipinski definition) is 5. The largest absolute Gasteiger partial charge is 0.508 e. The van der Waals surface area contributed by atoms with Crippen molar-refractivity contribution < 1.29 is 22.7 Å². The molecule has 3 rings (SSSR count). The van der Waals surface area contributed by atoms with Crippen molar-refractivity contribution in [3.05, 3.63) is 59.4 Å². The average molecular weight is 401 g/mol. The average Bonchev–Trinajstić information content (AvgIpc) is 3.02. The maximum absolute atomic E-state index is 13.2. The summed E-state index contributed by atoms with van der Waals surface area (Å²) in [5.74, 6) is 0.454. The number of furan rings is 1. The Balaban J connectivity index is 2.18. The normalized spacial score (nSPS) is 11.7. The van der Waals surface area contributed by atoms with Gasteiger partial charge in [-0.25, -0.2) is 8.42 Å². The molecule has 3 aromatic rings. The van der Waals surface area contributed by atoms with Crippen molar-refractivity contribution in [3.63, 3.8) is 0 Å². The molecule has 0 bridgehead atoms. The molecule has 0 fully saturated rings. The van der Waals surface area contributed by atoms with E-state index in [4.69, 9.17) is 4.42 Å². The standard InChI is InChI=1S/C21H23NO5S/c1-4-5-6-19-20(21(24)14-7-10-16(23)11-8-14)17-13-15(9-12-18(17)27-19)22(2)28(3,25)26/h7-13,23H,4-6H2,1-3H3. The predicted molar refractivity (Wildman–Crippen MR) is 110 cm³/mol. The number of sulfonamides is 1. The molecule has 0 unspecified atom stereocenters. The number of nitrogens with zero attached hydrogens (tertiary/aromatic N) is 1. The zero-order chi connectivity index (χ0) is 20.5. The molecule has 0 aliphatic heterocycles. The maximum atomic E-state index is 13.2. The fourth-order valence-corrected chi connectivity index (χ4v) is 3.54. The molecule has 1 heterocycles. The van der Waals surface area contributed by atoms with Gasteiger partial charge in [0, 0.05) is 24.4 Å². The number of phenols is 1. The molecule has 148 valence electrons. The highest BCUT2D eigenvalue weighted by Crippen LogP contribution is 2.33. The first-order chi connectivity index (χ1) is 13.2. The number of phenolic OH excluding ortho intramolecular Hbond substituents is 1. The van der Waals surface area contributed by atoms with Gasteiger partial charge in [-0.3, -0.25) is 9.10 Å². The van der Waals surface area contributed by atoms with Crippen molar-refractivity contribution in [2.45, 2.75) is 26.2 Å². The van der Waals surface area contributed by atoms with Crippen LogP contribution in [0.1, 0.15) is 41.4 Å². The third-order valence-electron chi connectivity index (χ3n) is 4.72. The zero-order valence-electron chi connectivity index (χ0n) is 16.1. The van der Waals surface area contributed by atoms with E-state index in [1.165, 1.54) is 23.5 Å². The van der Waals surface area contributed by atoms with Crippen LogP contribution in [0.15, 0.2) is 46.9 Å². The highest BCUT2D eigenvalue weighted by atomic mass is 32.2. The summed E-state index contributed by atoms with van der Waals surface area (Å²) in [6.07, 6.45) is 3.56. The van der Waals surface area contributed by atoms with E-state index in [-0.39, 0.29) is 11.5 Å². The number of ketones is 1. The van der Waals surface area contributed by atoms with Crippen LogP contribution < -0.4 is 4.31 Å².